The van der Waals surface area contributed by atoms with E-state index in [0.29, 0.717) is 6.54 Å². The largest absolute Gasteiger partial charge is 0.271 e. The molecule has 0 aliphatic heterocycles. The SMILES string of the molecule is Cc1cnn(CCNS(=O)(=O)c2ncccc2F)c1. The monoisotopic (exact) mass is 284 g/mol. The Labute approximate surface area is 110 Å². The maximum absolute atomic E-state index is 13.3. The van der Waals surface area contributed by atoms with Crippen LogP contribution >= 0.6 is 0 Å². The summed E-state index contributed by atoms with van der Waals surface area (Å²) in [6.07, 6.45) is 4.69. The van der Waals surface area contributed by atoms with Gasteiger partial charge in [0.2, 0.25) is 5.03 Å². The molecule has 0 saturated heterocycles. The Balaban J connectivity index is 2.01. The van der Waals surface area contributed by atoms with Crippen LogP contribution < -0.4 is 4.72 Å². The summed E-state index contributed by atoms with van der Waals surface area (Å²) in [7, 11) is -3.93. The van der Waals surface area contributed by atoms with E-state index in [0.717, 1.165) is 11.6 Å². The standard InChI is InChI=1S/C11H13FN4O2S/c1-9-7-14-16(8-9)6-5-15-19(17,18)11-10(12)3-2-4-13-11/h2-4,7-8,15H,5-6H2,1H3. The highest BCUT2D eigenvalue weighted by Crippen LogP contribution is 2.09. The lowest BCUT2D eigenvalue weighted by Crippen LogP contribution is -2.29. The first kappa shape index (κ1) is 13.6. The van der Waals surface area contributed by atoms with E-state index in [4.69, 9.17) is 0 Å². The first-order chi connectivity index (χ1) is 8.99. The van der Waals surface area contributed by atoms with E-state index in [-0.39, 0.29) is 6.54 Å². The average molecular weight is 284 g/mol. The van der Waals surface area contributed by atoms with Crippen LogP contribution in [0.1, 0.15) is 5.56 Å². The molecule has 2 heterocycles. The highest BCUT2D eigenvalue weighted by Gasteiger charge is 2.19. The molecule has 8 heteroatoms. The summed E-state index contributed by atoms with van der Waals surface area (Å²) in [4.78, 5) is 3.53. The van der Waals surface area contributed by atoms with Crippen molar-refractivity contribution in [1.29, 1.82) is 0 Å². The van der Waals surface area contributed by atoms with E-state index in [1.165, 1.54) is 12.3 Å². The molecular weight excluding hydrogens is 271 g/mol. The second kappa shape index (κ2) is 5.45. The van der Waals surface area contributed by atoms with E-state index in [1.54, 1.807) is 17.1 Å². The van der Waals surface area contributed by atoms with Crippen molar-refractivity contribution in [2.45, 2.75) is 18.5 Å². The van der Waals surface area contributed by atoms with Crippen LogP contribution in [-0.2, 0) is 16.6 Å². The Kier molecular flexibility index (Phi) is 3.91. The molecule has 2 aromatic heterocycles. The van der Waals surface area contributed by atoms with Crippen LogP contribution in [0.3, 0.4) is 0 Å². The number of sulfonamides is 1. The van der Waals surface area contributed by atoms with Crippen molar-refractivity contribution in [3.05, 3.63) is 42.1 Å². The summed E-state index contributed by atoms with van der Waals surface area (Å²) in [5.74, 6) is -0.870. The Morgan fingerprint density at radius 3 is 2.89 bits per heavy atom. The van der Waals surface area contributed by atoms with E-state index < -0.39 is 20.9 Å². The van der Waals surface area contributed by atoms with E-state index in [9.17, 15) is 12.8 Å². The molecule has 0 amide bonds. The van der Waals surface area contributed by atoms with Crippen molar-refractivity contribution < 1.29 is 12.8 Å². The summed E-state index contributed by atoms with van der Waals surface area (Å²) in [6.45, 7) is 2.36. The van der Waals surface area contributed by atoms with Crippen LogP contribution in [0, 0.1) is 12.7 Å². The van der Waals surface area contributed by atoms with Crippen molar-refractivity contribution in [3.8, 4) is 0 Å². The van der Waals surface area contributed by atoms with Crippen molar-refractivity contribution >= 4 is 10.0 Å². The number of hydrogen-bond acceptors (Lipinski definition) is 4. The maximum atomic E-state index is 13.3. The number of hydrogen-bond donors (Lipinski definition) is 1. The number of rotatable bonds is 5. The fraction of sp³-hybridized carbons (Fsp3) is 0.273. The Bertz CT molecular complexity index is 669. The van der Waals surface area contributed by atoms with Crippen molar-refractivity contribution in [2.24, 2.45) is 0 Å². The predicted molar refractivity (Wildman–Crippen MR) is 66.3 cm³/mol. The first-order valence-electron chi connectivity index (χ1n) is 5.58. The molecular formula is C11H13FN4O2S. The Morgan fingerprint density at radius 1 is 1.47 bits per heavy atom. The summed E-state index contributed by atoms with van der Waals surface area (Å²) >= 11 is 0. The van der Waals surface area contributed by atoms with Gasteiger partial charge in [-0.2, -0.15) is 5.10 Å². The van der Waals surface area contributed by atoms with Gasteiger partial charge in [-0.05, 0) is 24.6 Å². The average Bonchev–Trinajstić information content (AvgIpc) is 2.75. The number of nitrogens with zero attached hydrogens (tertiary/aromatic N) is 3. The van der Waals surface area contributed by atoms with Crippen LogP contribution in [0.25, 0.3) is 0 Å². The molecule has 2 aromatic rings. The molecule has 0 fully saturated rings. The highest BCUT2D eigenvalue weighted by molar-refractivity contribution is 7.89. The lowest BCUT2D eigenvalue weighted by Gasteiger charge is -2.06. The van der Waals surface area contributed by atoms with Crippen molar-refractivity contribution in [2.75, 3.05) is 6.54 Å². The third-order valence-electron chi connectivity index (χ3n) is 2.37. The molecule has 2 rings (SSSR count). The molecule has 1 N–H and O–H groups in total. The molecule has 0 aliphatic carbocycles. The first-order valence-corrected chi connectivity index (χ1v) is 7.06. The summed E-state index contributed by atoms with van der Waals surface area (Å²) in [5, 5.41) is 3.43. The number of aromatic nitrogens is 3. The molecule has 0 aliphatic rings. The van der Waals surface area contributed by atoms with Gasteiger partial charge in [-0.3, -0.25) is 4.68 Å². The number of nitrogens with one attached hydrogen (secondary N) is 1. The topological polar surface area (TPSA) is 76.9 Å². The third-order valence-corrected chi connectivity index (χ3v) is 3.77. The molecule has 0 bridgehead atoms. The van der Waals surface area contributed by atoms with Gasteiger partial charge in [-0.15, -0.1) is 0 Å². The summed E-state index contributed by atoms with van der Waals surface area (Å²) < 4.78 is 40.8. The van der Waals surface area contributed by atoms with Gasteiger partial charge in [0, 0.05) is 18.9 Å². The molecule has 102 valence electrons. The summed E-state index contributed by atoms with van der Waals surface area (Å²) in [5.41, 5.74) is 0.985. The minimum Gasteiger partial charge on any atom is -0.271 e. The van der Waals surface area contributed by atoms with Gasteiger partial charge in [-0.25, -0.2) is 22.5 Å². The van der Waals surface area contributed by atoms with Crippen LogP contribution in [0.15, 0.2) is 35.7 Å². The zero-order valence-electron chi connectivity index (χ0n) is 10.2. The van der Waals surface area contributed by atoms with Gasteiger partial charge in [0.1, 0.15) is 0 Å². The van der Waals surface area contributed by atoms with Crippen LogP contribution in [-0.4, -0.2) is 29.7 Å². The predicted octanol–water partition coefficient (Wildman–Crippen LogP) is 0.704. The number of aryl methyl sites for hydroxylation is 1. The highest BCUT2D eigenvalue weighted by atomic mass is 32.2. The number of pyridine rings is 1. The molecule has 0 spiro atoms. The fourth-order valence-electron chi connectivity index (χ4n) is 1.52. The molecule has 0 aromatic carbocycles. The molecule has 6 nitrogen and oxygen atoms in total. The fourth-order valence-corrected chi connectivity index (χ4v) is 2.54. The molecule has 0 unspecified atom stereocenters. The van der Waals surface area contributed by atoms with E-state index in [1.807, 2.05) is 6.92 Å². The normalized spacial score (nSPS) is 11.7. The lowest BCUT2D eigenvalue weighted by molar-refractivity contribution is 0.535. The van der Waals surface area contributed by atoms with Crippen molar-refractivity contribution in [3.63, 3.8) is 0 Å². The van der Waals surface area contributed by atoms with Gasteiger partial charge < -0.3 is 0 Å². The maximum Gasteiger partial charge on any atom is 0.261 e. The second-order valence-corrected chi connectivity index (χ2v) is 5.65. The minimum absolute atomic E-state index is 0.111. The quantitative estimate of drug-likeness (QED) is 0.877. The van der Waals surface area contributed by atoms with Gasteiger partial charge in [-0.1, -0.05) is 0 Å². The van der Waals surface area contributed by atoms with Crippen LogP contribution in [0.5, 0.6) is 0 Å². The Hall–Kier alpha value is -1.80. The lowest BCUT2D eigenvalue weighted by atomic mass is 10.4. The number of halogens is 1. The Morgan fingerprint density at radius 2 is 2.26 bits per heavy atom. The van der Waals surface area contributed by atoms with Gasteiger partial charge >= 0.3 is 0 Å². The van der Waals surface area contributed by atoms with Crippen LogP contribution in [0.2, 0.25) is 0 Å². The van der Waals surface area contributed by atoms with Crippen molar-refractivity contribution in [1.82, 2.24) is 19.5 Å². The zero-order chi connectivity index (χ0) is 13.9. The van der Waals surface area contributed by atoms with E-state index in [2.05, 4.69) is 14.8 Å². The van der Waals surface area contributed by atoms with Gasteiger partial charge in [0.05, 0.1) is 12.7 Å². The second-order valence-electron chi connectivity index (χ2n) is 3.97. The molecule has 0 atom stereocenters. The van der Waals surface area contributed by atoms with Crippen LogP contribution in [0.4, 0.5) is 4.39 Å². The smallest absolute Gasteiger partial charge is 0.261 e. The molecule has 0 saturated carbocycles. The molecule has 0 radical (unpaired) electrons. The minimum atomic E-state index is -3.93. The zero-order valence-corrected chi connectivity index (χ0v) is 11.1. The third kappa shape index (κ3) is 3.36. The molecule has 19 heavy (non-hydrogen) atoms. The summed E-state index contributed by atoms with van der Waals surface area (Å²) in [6, 6.07) is 2.39. The van der Waals surface area contributed by atoms with E-state index >= 15 is 0 Å². The van der Waals surface area contributed by atoms with Gasteiger partial charge in [0.15, 0.2) is 5.82 Å². The van der Waals surface area contributed by atoms with Gasteiger partial charge in [0.25, 0.3) is 10.0 Å².